The molecule has 1 aliphatic heterocycles. The number of carbonyl (C=O) groups is 1. The van der Waals surface area contributed by atoms with Crippen LogP contribution in [-0.4, -0.2) is 24.9 Å². The van der Waals surface area contributed by atoms with Crippen molar-refractivity contribution in [2.75, 3.05) is 6.61 Å². The molecule has 3 atom stereocenters. The van der Waals surface area contributed by atoms with Gasteiger partial charge in [0.1, 0.15) is 0 Å². The van der Waals surface area contributed by atoms with Crippen LogP contribution in [-0.2, 0) is 14.3 Å². The van der Waals surface area contributed by atoms with E-state index in [9.17, 15) is 4.79 Å². The molecule has 1 N–H and O–H groups in total. The predicted molar refractivity (Wildman–Crippen MR) is 75.2 cm³/mol. The van der Waals surface area contributed by atoms with Crippen molar-refractivity contribution in [2.45, 2.75) is 38.6 Å². The van der Waals surface area contributed by atoms with Gasteiger partial charge in [0.05, 0.1) is 12.5 Å². The van der Waals surface area contributed by atoms with Crippen molar-refractivity contribution < 1.29 is 14.3 Å². The zero-order chi connectivity index (χ0) is 13.0. The number of cyclic esters (lactones) is 1. The molecular formula is C14H20ClNO3. The van der Waals surface area contributed by atoms with Crippen molar-refractivity contribution in [1.29, 1.82) is 0 Å². The Balaban J connectivity index is 0.00000180. The van der Waals surface area contributed by atoms with E-state index in [1.165, 1.54) is 5.56 Å². The number of ether oxygens (including phenoxy) is 2. The van der Waals surface area contributed by atoms with Gasteiger partial charge in [0.2, 0.25) is 6.29 Å². The van der Waals surface area contributed by atoms with E-state index >= 15 is 0 Å². The lowest BCUT2D eigenvalue weighted by Crippen LogP contribution is -2.39. The van der Waals surface area contributed by atoms with Crippen LogP contribution in [0.4, 0.5) is 0 Å². The Morgan fingerprint density at radius 3 is 2.74 bits per heavy atom. The maximum absolute atomic E-state index is 11.3. The third-order valence-electron chi connectivity index (χ3n) is 3.06. The summed E-state index contributed by atoms with van der Waals surface area (Å²) in [6.45, 7) is 4.50. The molecule has 0 spiro atoms. The quantitative estimate of drug-likeness (QED) is 0.844. The number of hydrogen-bond acceptors (Lipinski definition) is 4. The van der Waals surface area contributed by atoms with Crippen LogP contribution in [0.25, 0.3) is 0 Å². The molecule has 1 fully saturated rings. The van der Waals surface area contributed by atoms with Crippen LogP contribution in [0, 0.1) is 0 Å². The fourth-order valence-electron chi connectivity index (χ4n) is 2.15. The number of benzene rings is 1. The first-order valence-corrected chi connectivity index (χ1v) is 6.32. The van der Waals surface area contributed by atoms with Crippen molar-refractivity contribution in [1.82, 2.24) is 5.32 Å². The van der Waals surface area contributed by atoms with Crippen LogP contribution in [0.5, 0.6) is 0 Å². The molecule has 1 heterocycles. The lowest BCUT2D eigenvalue weighted by Gasteiger charge is -2.22. The molecule has 1 saturated heterocycles. The number of nitrogens with one attached hydrogen (secondary N) is 1. The molecule has 0 radical (unpaired) electrons. The van der Waals surface area contributed by atoms with E-state index in [-0.39, 0.29) is 30.5 Å². The highest BCUT2D eigenvalue weighted by atomic mass is 35.5. The summed E-state index contributed by atoms with van der Waals surface area (Å²) in [4.78, 5) is 11.3. The summed E-state index contributed by atoms with van der Waals surface area (Å²) in [5.74, 6) is -0.203. The summed E-state index contributed by atoms with van der Waals surface area (Å²) in [6, 6.07) is 10.2. The molecular weight excluding hydrogens is 266 g/mol. The lowest BCUT2D eigenvalue weighted by atomic mass is 10.1. The van der Waals surface area contributed by atoms with Gasteiger partial charge in [0, 0.05) is 12.6 Å². The van der Waals surface area contributed by atoms with Gasteiger partial charge >= 0.3 is 5.97 Å². The highest BCUT2D eigenvalue weighted by Gasteiger charge is 2.36. The fraction of sp³-hybridized carbons (Fsp3) is 0.500. The van der Waals surface area contributed by atoms with Gasteiger partial charge in [-0.3, -0.25) is 4.79 Å². The van der Waals surface area contributed by atoms with Crippen LogP contribution in [0.3, 0.4) is 0 Å². The van der Waals surface area contributed by atoms with Gasteiger partial charge < -0.3 is 14.8 Å². The molecule has 1 aromatic rings. The first kappa shape index (κ1) is 16.0. The van der Waals surface area contributed by atoms with Gasteiger partial charge in [-0.25, -0.2) is 0 Å². The van der Waals surface area contributed by atoms with Gasteiger partial charge in [0.25, 0.3) is 0 Å². The summed E-state index contributed by atoms with van der Waals surface area (Å²) in [5.41, 5.74) is 1.19. The van der Waals surface area contributed by atoms with E-state index in [1.807, 2.05) is 25.1 Å². The second kappa shape index (κ2) is 7.48. The maximum Gasteiger partial charge on any atom is 0.309 e. The third-order valence-corrected chi connectivity index (χ3v) is 3.06. The molecule has 19 heavy (non-hydrogen) atoms. The highest BCUT2D eigenvalue weighted by molar-refractivity contribution is 5.85. The minimum Gasteiger partial charge on any atom is -0.434 e. The fourth-order valence-corrected chi connectivity index (χ4v) is 2.15. The molecule has 4 nitrogen and oxygen atoms in total. The van der Waals surface area contributed by atoms with Gasteiger partial charge in [0.15, 0.2) is 0 Å². The maximum atomic E-state index is 11.3. The molecule has 3 unspecified atom stereocenters. The zero-order valence-electron chi connectivity index (χ0n) is 11.2. The van der Waals surface area contributed by atoms with E-state index in [1.54, 1.807) is 0 Å². The molecule has 1 aliphatic rings. The van der Waals surface area contributed by atoms with Crippen LogP contribution >= 0.6 is 12.4 Å². The first-order valence-electron chi connectivity index (χ1n) is 6.32. The Morgan fingerprint density at radius 2 is 2.11 bits per heavy atom. The molecule has 5 heteroatoms. The summed E-state index contributed by atoms with van der Waals surface area (Å²) in [5, 5.41) is 3.39. The Labute approximate surface area is 119 Å². The molecule has 106 valence electrons. The van der Waals surface area contributed by atoms with Crippen molar-refractivity contribution >= 4 is 18.4 Å². The average molecular weight is 286 g/mol. The third kappa shape index (κ3) is 4.20. The summed E-state index contributed by atoms with van der Waals surface area (Å²) < 4.78 is 10.5. The number of esters is 1. The highest BCUT2D eigenvalue weighted by Crippen LogP contribution is 2.20. The number of halogens is 1. The summed E-state index contributed by atoms with van der Waals surface area (Å²) in [7, 11) is 0. The molecule has 0 bridgehead atoms. The van der Waals surface area contributed by atoms with Crippen LogP contribution in [0.15, 0.2) is 30.3 Å². The molecule has 0 saturated carbocycles. The topological polar surface area (TPSA) is 47.6 Å². The molecule has 2 rings (SSSR count). The lowest BCUT2D eigenvalue weighted by molar-refractivity contribution is -0.163. The van der Waals surface area contributed by atoms with Crippen molar-refractivity contribution in [3.63, 3.8) is 0 Å². The van der Waals surface area contributed by atoms with E-state index in [0.717, 1.165) is 0 Å². The van der Waals surface area contributed by atoms with Crippen molar-refractivity contribution in [3.05, 3.63) is 35.9 Å². The van der Waals surface area contributed by atoms with Crippen molar-refractivity contribution in [3.8, 4) is 0 Å². The largest absolute Gasteiger partial charge is 0.434 e. The molecule has 1 aromatic carbocycles. The van der Waals surface area contributed by atoms with Gasteiger partial charge in [-0.15, -0.1) is 12.4 Å². The Morgan fingerprint density at radius 1 is 1.42 bits per heavy atom. The second-order valence-corrected chi connectivity index (χ2v) is 4.42. The van der Waals surface area contributed by atoms with Crippen LogP contribution in [0.2, 0.25) is 0 Å². The smallest absolute Gasteiger partial charge is 0.309 e. The van der Waals surface area contributed by atoms with Crippen LogP contribution < -0.4 is 5.32 Å². The Bertz CT molecular complexity index is 399. The summed E-state index contributed by atoms with van der Waals surface area (Å²) in [6.07, 6.45) is -0.101. The van der Waals surface area contributed by atoms with E-state index in [2.05, 4.69) is 24.4 Å². The van der Waals surface area contributed by atoms with E-state index in [4.69, 9.17) is 9.47 Å². The zero-order valence-corrected chi connectivity index (χ0v) is 12.0. The SMILES string of the molecule is CCOC1OC(=O)CC1NC(C)c1ccccc1.Cl. The first-order chi connectivity index (χ1) is 8.70. The van der Waals surface area contributed by atoms with E-state index < -0.39 is 6.29 Å². The Hall–Kier alpha value is -1.10. The molecule has 0 aliphatic carbocycles. The molecule has 0 aromatic heterocycles. The van der Waals surface area contributed by atoms with Gasteiger partial charge in [-0.2, -0.15) is 0 Å². The number of rotatable bonds is 5. The minimum atomic E-state index is -0.464. The second-order valence-electron chi connectivity index (χ2n) is 4.42. The number of hydrogen-bond donors (Lipinski definition) is 1. The monoisotopic (exact) mass is 285 g/mol. The van der Waals surface area contributed by atoms with Gasteiger partial charge in [-0.05, 0) is 19.4 Å². The number of carbonyl (C=O) groups excluding carboxylic acids is 1. The molecule has 0 amide bonds. The van der Waals surface area contributed by atoms with Crippen molar-refractivity contribution in [2.24, 2.45) is 0 Å². The average Bonchev–Trinajstić information content (AvgIpc) is 2.71. The normalized spacial score (nSPS) is 23.6. The van der Waals surface area contributed by atoms with Gasteiger partial charge in [-0.1, -0.05) is 30.3 Å². The summed E-state index contributed by atoms with van der Waals surface area (Å²) >= 11 is 0. The van der Waals surface area contributed by atoms with E-state index in [0.29, 0.717) is 13.0 Å². The minimum absolute atomic E-state index is 0. The Kier molecular flexibility index (Phi) is 6.28. The standard InChI is InChI=1S/C14H19NO3.ClH/c1-3-17-14-12(9-13(16)18-14)15-10(2)11-7-5-4-6-8-11;/h4-8,10,12,14-15H,3,9H2,1-2H3;1H. The predicted octanol–water partition coefficient (Wildman–Crippen LogP) is 2.44. The van der Waals surface area contributed by atoms with Crippen LogP contribution in [0.1, 0.15) is 31.9 Å².